The van der Waals surface area contributed by atoms with Gasteiger partial charge in [0.1, 0.15) is 12.4 Å². The van der Waals surface area contributed by atoms with Gasteiger partial charge in [0.25, 0.3) is 0 Å². The Morgan fingerprint density at radius 1 is 1.24 bits per heavy atom. The monoisotopic (exact) mass is 246 g/mol. The molecule has 0 spiro atoms. The molecule has 0 bridgehead atoms. The van der Waals surface area contributed by atoms with Crippen molar-refractivity contribution in [3.05, 3.63) is 51.7 Å². The third-order valence-electron chi connectivity index (χ3n) is 2.85. The van der Waals surface area contributed by atoms with Crippen LogP contribution in [0.4, 0.5) is 0 Å². The molecule has 17 heavy (non-hydrogen) atoms. The van der Waals surface area contributed by atoms with Crippen LogP contribution in [0.5, 0.6) is 5.75 Å². The molecule has 0 aliphatic heterocycles. The number of benzene rings is 1. The lowest BCUT2D eigenvalue weighted by atomic mass is 10.0. The number of rotatable bonds is 4. The molecule has 0 aliphatic carbocycles. The smallest absolute Gasteiger partial charge is 0.123 e. The van der Waals surface area contributed by atoms with Crippen molar-refractivity contribution in [1.82, 2.24) is 0 Å². The van der Waals surface area contributed by atoms with E-state index in [-0.39, 0.29) is 0 Å². The maximum absolute atomic E-state index is 5.88. The predicted molar refractivity (Wildman–Crippen MR) is 73.9 cm³/mol. The van der Waals surface area contributed by atoms with E-state index in [4.69, 9.17) is 4.74 Å². The van der Waals surface area contributed by atoms with Crippen LogP contribution >= 0.6 is 11.3 Å². The van der Waals surface area contributed by atoms with Crippen molar-refractivity contribution in [1.29, 1.82) is 0 Å². The first kappa shape index (κ1) is 12.2. The molecule has 0 unspecified atom stereocenters. The van der Waals surface area contributed by atoms with Crippen LogP contribution in [0.1, 0.15) is 36.5 Å². The first-order valence-electron chi connectivity index (χ1n) is 5.91. The normalized spacial score (nSPS) is 10.8. The number of ether oxygens (including phenoxy) is 1. The van der Waals surface area contributed by atoms with Crippen LogP contribution in [-0.2, 0) is 6.61 Å². The Bertz CT molecular complexity index is 472. The second-order valence-corrected chi connectivity index (χ2v) is 5.38. The van der Waals surface area contributed by atoms with Crippen molar-refractivity contribution < 1.29 is 4.74 Å². The van der Waals surface area contributed by atoms with Gasteiger partial charge in [-0.1, -0.05) is 26.0 Å². The van der Waals surface area contributed by atoms with Gasteiger partial charge in [-0.3, -0.25) is 0 Å². The molecule has 0 amide bonds. The highest BCUT2D eigenvalue weighted by Gasteiger charge is 2.05. The van der Waals surface area contributed by atoms with Gasteiger partial charge in [-0.05, 0) is 52.4 Å². The minimum atomic E-state index is 0.541. The van der Waals surface area contributed by atoms with Crippen LogP contribution in [0.2, 0.25) is 0 Å². The molecule has 0 atom stereocenters. The molecule has 2 rings (SSSR count). The molecule has 2 aromatic rings. The van der Waals surface area contributed by atoms with Crippen molar-refractivity contribution in [2.24, 2.45) is 0 Å². The molecule has 0 aliphatic rings. The minimum absolute atomic E-state index is 0.541. The summed E-state index contributed by atoms with van der Waals surface area (Å²) in [5, 5.41) is 4.21. The number of hydrogen-bond donors (Lipinski definition) is 0. The minimum Gasteiger partial charge on any atom is -0.489 e. The highest BCUT2D eigenvalue weighted by molar-refractivity contribution is 7.07. The average Bonchev–Trinajstić information content (AvgIpc) is 2.80. The van der Waals surface area contributed by atoms with E-state index in [0.29, 0.717) is 12.5 Å². The Morgan fingerprint density at radius 2 is 2.06 bits per heavy atom. The topological polar surface area (TPSA) is 9.23 Å². The largest absolute Gasteiger partial charge is 0.489 e. The standard InChI is InChI=1S/C15H18OS/c1-11(2)14-5-4-12(3)15(8-14)16-9-13-6-7-17-10-13/h4-8,10-11H,9H2,1-3H3. The second kappa shape index (κ2) is 5.37. The van der Waals surface area contributed by atoms with Gasteiger partial charge < -0.3 is 4.74 Å². The lowest BCUT2D eigenvalue weighted by molar-refractivity contribution is 0.304. The summed E-state index contributed by atoms with van der Waals surface area (Å²) in [6.07, 6.45) is 0. The molecule has 1 aromatic carbocycles. The van der Waals surface area contributed by atoms with Gasteiger partial charge in [0.2, 0.25) is 0 Å². The first-order chi connectivity index (χ1) is 8.16. The van der Waals surface area contributed by atoms with E-state index >= 15 is 0 Å². The lowest BCUT2D eigenvalue weighted by Crippen LogP contribution is -1.97. The van der Waals surface area contributed by atoms with E-state index in [0.717, 1.165) is 5.75 Å². The summed E-state index contributed by atoms with van der Waals surface area (Å²) in [6.45, 7) is 7.15. The van der Waals surface area contributed by atoms with Crippen molar-refractivity contribution >= 4 is 11.3 Å². The summed E-state index contributed by atoms with van der Waals surface area (Å²) in [4.78, 5) is 0. The Balaban J connectivity index is 2.11. The third kappa shape index (κ3) is 3.10. The zero-order valence-corrected chi connectivity index (χ0v) is 11.4. The third-order valence-corrected chi connectivity index (χ3v) is 3.59. The molecule has 0 saturated carbocycles. The molecule has 90 valence electrons. The number of hydrogen-bond acceptors (Lipinski definition) is 2. The Labute approximate surface area is 107 Å². The van der Waals surface area contributed by atoms with Gasteiger partial charge in [0.15, 0.2) is 0 Å². The summed E-state index contributed by atoms with van der Waals surface area (Å²) >= 11 is 1.71. The molecule has 1 nitrogen and oxygen atoms in total. The predicted octanol–water partition coefficient (Wildman–Crippen LogP) is 4.76. The zero-order chi connectivity index (χ0) is 12.3. The van der Waals surface area contributed by atoms with Crippen LogP contribution in [0.15, 0.2) is 35.0 Å². The van der Waals surface area contributed by atoms with Gasteiger partial charge in [-0.2, -0.15) is 11.3 Å². The molecule has 1 heterocycles. The summed E-state index contributed by atoms with van der Waals surface area (Å²) < 4.78 is 5.88. The molecule has 2 heteroatoms. The van der Waals surface area contributed by atoms with Crippen molar-refractivity contribution in [2.75, 3.05) is 0 Å². The van der Waals surface area contributed by atoms with E-state index in [1.165, 1.54) is 16.7 Å². The summed E-state index contributed by atoms with van der Waals surface area (Å²) in [5.41, 5.74) is 3.77. The van der Waals surface area contributed by atoms with Gasteiger partial charge in [-0.25, -0.2) is 0 Å². The highest BCUT2D eigenvalue weighted by atomic mass is 32.1. The summed E-state index contributed by atoms with van der Waals surface area (Å²) in [5.74, 6) is 1.54. The maximum atomic E-state index is 5.88. The zero-order valence-electron chi connectivity index (χ0n) is 10.6. The van der Waals surface area contributed by atoms with Crippen LogP contribution in [0, 0.1) is 6.92 Å². The van der Waals surface area contributed by atoms with Gasteiger partial charge in [-0.15, -0.1) is 0 Å². The SMILES string of the molecule is Cc1ccc(C(C)C)cc1OCc1ccsc1. The van der Waals surface area contributed by atoms with E-state index in [9.17, 15) is 0 Å². The van der Waals surface area contributed by atoms with E-state index < -0.39 is 0 Å². The molecule has 0 N–H and O–H groups in total. The molecule has 0 radical (unpaired) electrons. The quantitative estimate of drug-likeness (QED) is 0.755. The lowest BCUT2D eigenvalue weighted by Gasteiger charge is -2.12. The van der Waals surface area contributed by atoms with E-state index in [1.54, 1.807) is 11.3 Å². The fourth-order valence-corrected chi connectivity index (χ4v) is 2.32. The van der Waals surface area contributed by atoms with E-state index in [1.807, 2.05) is 0 Å². The molecule has 1 aromatic heterocycles. The van der Waals surface area contributed by atoms with Crippen LogP contribution in [-0.4, -0.2) is 0 Å². The van der Waals surface area contributed by atoms with E-state index in [2.05, 4.69) is 55.8 Å². The first-order valence-corrected chi connectivity index (χ1v) is 6.85. The highest BCUT2D eigenvalue weighted by Crippen LogP contribution is 2.25. The fourth-order valence-electron chi connectivity index (χ4n) is 1.67. The van der Waals surface area contributed by atoms with Crippen molar-refractivity contribution in [3.8, 4) is 5.75 Å². The summed E-state index contributed by atoms with van der Waals surface area (Å²) in [6, 6.07) is 8.58. The van der Waals surface area contributed by atoms with Crippen LogP contribution in [0.3, 0.4) is 0 Å². The maximum Gasteiger partial charge on any atom is 0.123 e. The fraction of sp³-hybridized carbons (Fsp3) is 0.333. The van der Waals surface area contributed by atoms with Gasteiger partial charge in [0, 0.05) is 0 Å². The van der Waals surface area contributed by atoms with Crippen LogP contribution < -0.4 is 4.74 Å². The Hall–Kier alpha value is -1.28. The van der Waals surface area contributed by atoms with Crippen molar-refractivity contribution in [2.45, 2.75) is 33.3 Å². The molecule has 0 fully saturated rings. The second-order valence-electron chi connectivity index (χ2n) is 4.60. The Kier molecular flexibility index (Phi) is 3.85. The number of thiophene rings is 1. The van der Waals surface area contributed by atoms with Crippen molar-refractivity contribution in [3.63, 3.8) is 0 Å². The number of aryl methyl sites for hydroxylation is 1. The van der Waals surface area contributed by atoms with Gasteiger partial charge >= 0.3 is 0 Å². The molecular formula is C15H18OS. The van der Waals surface area contributed by atoms with Gasteiger partial charge in [0.05, 0.1) is 0 Å². The molecule has 0 saturated heterocycles. The average molecular weight is 246 g/mol. The molecular weight excluding hydrogens is 228 g/mol. The van der Waals surface area contributed by atoms with Crippen LogP contribution in [0.25, 0.3) is 0 Å². The Morgan fingerprint density at radius 3 is 2.71 bits per heavy atom. The summed E-state index contributed by atoms with van der Waals surface area (Å²) in [7, 11) is 0.